The molecule has 4 N–H and O–H groups in total. The lowest BCUT2D eigenvalue weighted by Crippen LogP contribution is -2.37. The third-order valence-corrected chi connectivity index (χ3v) is 1.23. The molecule has 0 aliphatic rings. The second-order valence-electron chi connectivity index (χ2n) is 2.78. The smallest absolute Gasteiger partial charge is 0.288 e. The van der Waals surface area contributed by atoms with Gasteiger partial charge in [0.15, 0.2) is 0 Å². The predicted molar refractivity (Wildman–Crippen MR) is 50.8 cm³/mol. The highest BCUT2D eigenvalue weighted by molar-refractivity contribution is 6.28. The fourth-order valence-corrected chi connectivity index (χ4v) is 0.707. The first kappa shape index (κ1) is 10.9. The Morgan fingerprint density at radius 1 is 1.27 bits per heavy atom. The Morgan fingerprint density at radius 2 is 2.00 bits per heavy atom. The summed E-state index contributed by atoms with van der Waals surface area (Å²) in [6.45, 7) is 3.61. The largest absolute Gasteiger partial charge is 0.344 e. The van der Waals surface area contributed by atoms with Gasteiger partial charge in [-0.05, 0) is 20.6 Å². The molecule has 5 heteroatoms. The normalized spacial score (nSPS) is 10.5. The molecule has 66 valence electrons. The Labute approximate surface area is 69.8 Å². The van der Waals surface area contributed by atoms with Crippen LogP contribution in [0.5, 0.6) is 0 Å². The molecule has 0 rings (SSSR count). The van der Waals surface area contributed by atoms with E-state index in [4.69, 9.17) is 5.73 Å². The average molecular weight is 158 g/mol. The minimum absolute atomic E-state index is 0.716. The maximum Gasteiger partial charge on any atom is 0.288 e. The van der Waals surface area contributed by atoms with Crippen molar-refractivity contribution in [1.29, 1.82) is 0 Å². The monoisotopic (exact) mass is 158 g/mol. The molecule has 0 saturated heterocycles. The Bertz CT molecular complexity index is 79.0. The Hall–Kier alpha value is -0.0951. The molecule has 0 heterocycles. The van der Waals surface area contributed by atoms with Gasteiger partial charge in [0.2, 0.25) is 0 Å². The zero-order valence-electron chi connectivity index (χ0n) is 7.56. The molecule has 0 aliphatic heterocycles. The summed E-state index contributed by atoms with van der Waals surface area (Å²) in [7, 11) is 5.02. The molecule has 4 nitrogen and oxygen atoms in total. The third kappa shape index (κ3) is 9.90. The summed E-state index contributed by atoms with van der Waals surface area (Å²) in [5, 5.41) is 6.47. The molecular weight excluding hydrogens is 139 g/mol. The van der Waals surface area contributed by atoms with E-state index < -0.39 is 0 Å². The molecule has 0 aromatic heterocycles. The fourth-order valence-electron chi connectivity index (χ4n) is 0.707. The molecule has 0 aliphatic carbocycles. The van der Waals surface area contributed by atoms with Crippen LogP contribution in [0.2, 0.25) is 0 Å². The second-order valence-corrected chi connectivity index (χ2v) is 2.78. The van der Waals surface area contributed by atoms with E-state index in [9.17, 15) is 0 Å². The summed E-state index contributed by atoms with van der Waals surface area (Å²) < 4.78 is 0. The van der Waals surface area contributed by atoms with Gasteiger partial charge in [0.05, 0.1) is 0 Å². The molecule has 0 bridgehead atoms. The van der Waals surface area contributed by atoms with Gasteiger partial charge in [-0.3, -0.25) is 0 Å². The van der Waals surface area contributed by atoms with Crippen molar-refractivity contribution >= 4 is 7.55 Å². The third-order valence-electron chi connectivity index (χ3n) is 1.23. The van der Waals surface area contributed by atoms with Gasteiger partial charge in [-0.25, -0.2) is 0 Å². The first-order valence-electron chi connectivity index (χ1n) is 4.03. The Balaban J connectivity index is 2.80. The van der Waals surface area contributed by atoms with Gasteiger partial charge in [-0.15, -0.1) is 0 Å². The zero-order valence-corrected chi connectivity index (χ0v) is 7.56. The summed E-state index contributed by atoms with van der Waals surface area (Å²) in [5.74, 6) is 0. The highest BCUT2D eigenvalue weighted by atomic mass is 15.1. The van der Waals surface area contributed by atoms with Gasteiger partial charge in [0.1, 0.15) is 0 Å². The van der Waals surface area contributed by atoms with Crippen LogP contribution < -0.4 is 16.3 Å². The quantitative estimate of drug-likeness (QED) is 0.295. The van der Waals surface area contributed by atoms with Crippen LogP contribution in [0.25, 0.3) is 0 Å². The minimum atomic E-state index is 0.716. The van der Waals surface area contributed by atoms with Crippen molar-refractivity contribution in [1.82, 2.24) is 15.4 Å². The molecule has 0 saturated carbocycles. The Kier molecular flexibility index (Phi) is 7.94. The van der Waals surface area contributed by atoms with Gasteiger partial charge in [0.25, 0.3) is 7.55 Å². The van der Waals surface area contributed by atoms with E-state index in [-0.39, 0.29) is 0 Å². The second kappa shape index (κ2) is 8.01. The van der Waals surface area contributed by atoms with Gasteiger partial charge in [0, 0.05) is 19.6 Å². The predicted octanol–water partition coefficient (Wildman–Crippen LogP) is -2.05. The van der Waals surface area contributed by atoms with Crippen molar-refractivity contribution in [3.8, 4) is 0 Å². The summed E-state index contributed by atoms with van der Waals surface area (Å²) in [5.41, 5.74) is 5.30. The zero-order chi connectivity index (χ0) is 8.53. The van der Waals surface area contributed by atoms with E-state index in [1.807, 2.05) is 14.1 Å². The molecule has 0 radical (unpaired) electrons. The average Bonchev–Trinajstić information content (AvgIpc) is 1.96. The summed E-state index contributed by atoms with van der Waals surface area (Å²) in [6, 6.07) is 0. The van der Waals surface area contributed by atoms with Crippen molar-refractivity contribution in [2.75, 3.05) is 40.3 Å². The standard InChI is InChI=1S/C6H19BN4/c1-11(2)7-10-6-5-9-4-3-8/h7,9-10H,3-6,8H2,1-2H3. The van der Waals surface area contributed by atoms with Crippen LogP contribution in [-0.4, -0.2) is 52.6 Å². The minimum Gasteiger partial charge on any atom is -0.344 e. The maximum atomic E-state index is 5.30. The summed E-state index contributed by atoms with van der Waals surface area (Å²) >= 11 is 0. The molecule has 11 heavy (non-hydrogen) atoms. The van der Waals surface area contributed by atoms with Crippen LogP contribution in [0.4, 0.5) is 0 Å². The van der Waals surface area contributed by atoms with E-state index in [1.54, 1.807) is 0 Å². The van der Waals surface area contributed by atoms with Crippen molar-refractivity contribution in [2.24, 2.45) is 5.73 Å². The summed E-state index contributed by atoms with van der Waals surface area (Å²) in [4.78, 5) is 2.10. The molecule has 0 fully saturated rings. The topological polar surface area (TPSA) is 53.3 Å². The van der Waals surface area contributed by atoms with Crippen molar-refractivity contribution in [3.63, 3.8) is 0 Å². The van der Waals surface area contributed by atoms with Crippen LogP contribution in [0.1, 0.15) is 0 Å². The van der Waals surface area contributed by atoms with Crippen molar-refractivity contribution < 1.29 is 0 Å². The number of hydrogen-bond donors (Lipinski definition) is 3. The lowest BCUT2D eigenvalue weighted by Gasteiger charge is -2.08. The van der Waals surface area contributed by atoms with Crippen molar-refractivity contribution in [3.05, 3.63) is 0 Å². The van der Waals surface area contributed by atoms with Crippen molar-refractivity contribution in [2.45, 2.75) is 0 Å². The molecular formula is C6H19BN4. The number of nitrogens with one attached hydrogen (secondary N) is 2. The van der Waals surface area contributed by atoms with E-state index >= 15 is 0 Å². The highest BCUT2D eigenvalue weighted by Gasteiger charge is 1.91. The number of nitrogens with zero attached hydrogens (tertiary/aromatic N) is 1. The van der Waals surface area contributed by atoms with E-state index in [1.165, 1.54) is 0 Å². The molecule has 0 amide bonds. The van der Waals surface area contributed by atoms with Crippen LogP contribution in [0, 0.1) is 0 Å². The first-order valence-corrected chi connectivity index (χ1v) is 4.03. The van der Waals surface area contributed by atoms with E-state index in [2.05, 4.69) is 15.4 Å². The highest BCUT2D eigenvalue weighted by Crippen LogP contribution is 1.62. The molecule has 0 spiro atoms. The van der Waals surface area contributed by atoms with Crippen LogP contribution in [0.3, 0.4) is 0 Å². The van der Waals surface area contributed by atoms with E-state index in [0.717, 1.165) is 27.2 Å². The molecule has 0 aromatic rings. The van der Waals surface area contributed by atoms with Gasteiger partial charge in [-0.1, -0.05) is 0 Å². The van der Waals surface area contributed by atoms with Gasteiger partial charge >= 0.3 is 0 Å². The van der Waals surface area contributed by atoms with Crippen LogP contribution in [-0.2, 0) is 0 Å². The number of hydrogen-bond acceptors (Lipinski definition) is 4. The first-order chi connectivity index (χ1) is 5.27. The number of nitrogens with two attached hydrogens (primary N) is 1. The van der Waals surface area contributed by atoms with E-state index in [0.29, 0.717) is 6.54 Å². The van der Waals surface area contributed by atoms with Crippen LogP contribution in [0.15, 0.2) is 0 Å². The fraction of sp³-hybridized carbons (Fsp3) is 1.00. The lowest BCUT2D eigenvalue weighted by molar-refractivity contribution is 0.623. The SMILES string of the molecule is CN(C)BNCCNCCN. The number of rotatable bonds is 7. The van der Waals surface area contributed by atoms with Gasteiger partial charge in [-0.2, -0.15) is 0 Å². The Morgan fingerprint density at radius 3 is 2.55 bits per heavy atom. The van der Waals surface area contributed by atoms with Gasteiger partial charge < -0.3 is 21.1 Å². The lowest BCUT2D eigenvalue weighted by atomic mass is 10.1. The maximum absolute atomic E-state index is 5.30. The molecule has 0 aromatic carbocycles. The molecule has 0 unspecified atom stereocenters. The van der Waals surface area contributed by atoms with Crippen LogP contribution >= 0.6 is 0 Å². The summed E-state index contributed by atoms with van der Waals surface area (Å²) in [6.07, 6.45) is 0. The molecule has 0 atom stereocenters.